The molecular weight excluding hydrogens is 260 g/mol. The Hall–Kier alpha value is -2.70. The molecule has 1 N–H and O–H groups in total. The summed E-state index contributed by atoms with van der Waals surface area (Å²) in [6, 6.07) is 3.53. The van der Waals surface area contributed by atoms with Gasteiger partial charge < -0.3 is 14.0 Å². The predicted molar refractivity (Wildman–Crippen MR) is 67.4 cm³/mol. The van der Waals surface area contributed by atoms with E-state index in [-0.39, 0.29) is 5.69 Å². The number of nitrogens with zero attached hydrogens (tertiary/aromatic N) is 4. The van der Waals surface area contributed by atoms with Gasteiger partial charge in [-0.25, -0.2) is 9.78 Å². The van der Waals surface area contributed by atoms with Crippen molar-refractivity contribution in [1.82, 2.24) is 19.5 Å². The Morgan fingerprint density at radius 1 is 1.30 bits per heavy atom. The van der Waals surface area contributed by atoms with E-state index < -0.39 is 5.97 Å². The molecule has 7 nitrogen and oxygen atoms in total. The quantitative estimate of drug-likeness (QED) is 0.781. The molecule has 1 aliphatic rings. The van der Waals surface area contributed by atoms with E-state index in [1.165, 1.54) is 6.20 Å². The maximum atomic E-state index is 10.9. The Bertz CT molecular complexity index is 816. The number of fused-ring (bicyclic) bond motifs is 1. The number of aromatic carboxylic acids is 1. The first-order valence-electron chi connectivity index (χ1n) is 6.27. The van der Waals surface area contributed by atoms with Gasteiger partial charge in [0.25, 0.3) is 0 Å². The molecule has 0 radical (unpaired) electrons. The number of imidazole rings is 1. The molecule has 0 aromatic carbocycles. The van der Waals surface area contributed by atoms with Gasteiger partial charge >= 0.3 is 5.97 Å². The van der Waals surface area contributed by atoms with E-state index in [4.69, 9.17) is 9.63 Å². The van der Waals surface area contributed by atoms with Gasteiger partial charge in [0.05, 0.1) is 0 Å². The minimum Gasteiger partial charge on any atom is -0.476 e. The third-order valence-corrected chi connectivity index (χ3v) is 3.30. The minimum atomic E-state index is -1.05. The van der Waals surface area contributed by atoms with Gasteiger partial charge in [-0.15, -0.1) is 0 Å². The maximum Gasteiger partial charge on any atom is 0.356 e. The molecule has 3 heterocycles. The van der Waals surface area contributed by atoms with Crippen LogP contribution in [0.3, 0.4) is 0 Å². The van der Waals surface area contributed by atoms with Crippen LogP contribution in [-0.2, 0) is 0 Å². The predicted octanol–water partition coefficient (Wildman–Crippen LogP) is 1.96. The third-order valence-electron chi connectivity index (χ3n) is 3.30. The highest BCUT2D eigenvalue weighted by Gasteiger charge is 2.29. The van der Waals surface area contributed by atoms with Gasteiger partial charge in [0.1, 0.15) is 5.65 Å². The molecule has 0 atom stereocenters. The van der Waals surface area contributed by atoms with Crippen molar-refractivity contribution in [2.45, 2.75) is 18.8 Å². The van der Waals surface area contributed by atoms with Crippen LogP contribution >= 0.6 is 0 Å². The first-order valence-corrected chi connectivity index (χ1v) is 6.27. The van der Waals surface area contributed by atoms with Gasteiger partial charge in [-0.1, -0.05) is 5.16 Å². The first kappa shape index (κ1) is 11.2. The Balaban J connectivity index is 1.76. The van der Waals surface area contributed by atoms with Gasteiger partial charge in [-0.2, -0.15) is 4.98 Å². The number of carbonyl (C=O) groups is 1. The second-order valence-corrected chi connectivity index (χ2v) is 4.85. The number of hydrogen-bond acceptors (Lipinski definition) is 5. The summed E-state index contributed by atoms with van der Waals surface area (Å²) in [6.45, 7) is 0. The molecule has 3 aromatic heterocycles. The van der Waals surface area contributed by atoms with Crippen molar-refractivity contribution in [3.8, 4) is 11.4 Å². The molecule has 0 aliphatic heterocycles. The molecule has 1 saturated carbocycles. The number of rotatable bonds is 3. The summed E-state index contributed by atoms with van der Waals surface area (Å²) in [7, 11) is 0. The van der Waals surface area contributed by atoms with Crippen LogP contribution in [0.4, 0.5) is 0 Å². The van der Waals surface area contributed by atoms with Crippen LogP contribution in [0.5, 0.6) is 0 Å². The van der Waals surface area contributed by atoms with E-state index >= 15 is 0 Å². The zero-order chi connectivity index (χ0) is 13.7. The van der Waals surface area contributed by atoms with Gasteiger partial charge in [-0.3, -0.25) is 0 Å². The molecular formula is C13H10N4O3. The standard InChI is InChI=1S/C13H10N4O3/c18-13(19)9-6-17-5-8(3-4-10(17)14-9)11-15-12(20-16-11)7-1-2-7/h3-7H,1-2H2,(H,18,19). The lowest BCUT2D eigenvalue weighted by molar-refractivity contribution is 0.0691. The monoisotopic (exact) mass is 270 g/mol. The van der Waals surface area contributed by atoms with Crippen LogP contribution in [0, 0.1) is 0 Å². The fourth-order valence-corrected chi connectivity index (χ4v) is 2.08. The molecule has 1 aliphatic carbocycles. The maximum absolute atomic E-state index is 10.9. The zero-order valence-electron chi connectivity index (χ0n) is 10.4. The van der Waals surface area contributed by atoms with E-state index in [9.17, 15) is 4.79 Å². The average molecular weight is 270 g/mol. The van der Waals surface area contributed by atoms with E-state index in [2.05, 4.69) is 15.1 Å². The lowest BCUT2D eigenvalue weighted by Crippen LogP contribution is -1.94. The summed E-state index contributed by atoms with van der Waals surface area (Å²) in [5.41, 5.74) is 1.34. The first-order chi connectivity index (χ1) is 9.70. The van der Waals surface area contributed by atoms with E-state index in [1.807, 2.05) is 0 Å². The topological polar surface area (TPSA) is 93.5 Å². The molecule has 0 saturated heterocycles. The Morgan fingerprint density at radius 3 is 2.90 bits per heavy atom. The summed E-state index contributed by atoms with van der Waals surface area (Å²) in [5, 5.41) is 12.9. The number of pyridine rings is 1. The fraction of sp³-hybridized carbons (Fsp3) is 0.231. The average Bonchev–Trinajstić information content (AvgIpc) is 3.03. The third kappa shape index (κ3) is 1.75. The molecule has 0 amide bonds. The van der Waals surface area contributed by atoms with Crippen LogP contribution in [0.1, 0.15) is 35.1 Å². The minimum absolute atomic E-state index is 0.00827. The summed E-state index contributed by atoms with van der Waals surface area (Å²) in [5.74, 6) is 0.550. The highest BCUT2D eigenvalue weighted by atomic mass is 16.5. The van der Waals surface area contributed by atoms with Gasteiger partial charge in [0.15, 0.2) is 5.69 Å². The van der Waals surface area contributed by atoms with E-state index in [0.717, 1.165) is 18.4 Å². The molecule has 0 spiro atoms. The van der Waals surface area contributed by atoms with Crippen molar-refractivity contribution in [3.63, 3.8) is 0 Å². The fourth-order valence-electron chi connectivity index (χ4n) is 2.08. The van der Waals surface area contributed by atoms with Crippen molar-refractivity contribution >= 4 is 11.6 Å². The van der Waals surface area contributed by atoms with Crippen LogP contribution in [0.2, 0.25) is 0 Å². The normalized spacial score (nSPS) is 14.8. The highest BCUT2D eigenvalue weighted by molar-refractivity contribution is 5.86. The smallest absolute Gasteiger partial charge is 0.356 e. The number of carboxylic acid groups (broad SMARTS) is 1. The summed E-state index contributed by atoms with van der Waals surface area (Å²) >= 11 is 0. The van der Waals surface area contributed by atoms with Crippen molar-refractivity contribution in [3.05, 3.63) is 36.1 Å². The molecule has 0 unspecified atom stereocenters. The van der Waals surface area contributed by atoms with Crippen molar-refractivity contribution in [2.75, 3.05) is 0 Å². The Morgan fingerprint density at radius 2 is 2.15 bits per heavy atom. The van der Waals surface area contributed by atoms with E-state index in [0.29, 0.717) is 23.3 Å². The van der Waals surface area contributed by atoms with Crippen LogP contribution in [0.25, 0.3) is 17.0 Å². The second-order valence-electron chi connectivity index (χ2n) is 4.85. The SMILES string of the molecule is O=C(O)c1cn2cc(-c3noc(C4CC4)n3)ccc2n1. The Labute approximate surface area is 112 Å². The summed E-state index contributed by atoms with van der Waals surface area (Å²) < 4.78 is 6.86. The van der Waals surface area contributed by atoms with Gasteiger partial charge in [-0.05, 0) is 25.0 Å². The summed E-state index contributed by atoms with van der Waals surface area (Å²) in [6.07, 6.45) is 5.41. The van der Waals surface area contributed by atoms with Crippen LogP contribution in [-0.4, -0.2) is 30.6 Å². The van der Waals surface area contributed by atoms with Gasteiger partial charge in [0, 0.05) is 23.9 Å². The molecule has 7 heteroatoms. The number of hydrogen-bond donors (Lipinski definition) is 1. The number of aromatic nitrogens is 4. The number of carboxylic acids is 1. The van der Waals surface area contributed by atoms with Crippen molar-refractivity contribution < 1.29 is 14.4 Å². The molecule has 0 bridgehead atoms. The Kier molecular flexibility index (Phi) is 2.17. The van der Waals surface area contributed by atoms with Crippen LogP contribution < -0.4 is 0 Å². The molecule has 1 fully saturated rings. The second kappa shape index (κ2) is 3.89. The molecule has 4 rings (SSSR count). The summed E-state index contributed by atoms with van der Waals surface area (Å²) in [4.78, 5) is 19.2. The molecule has 3 aromatic rings. The lowest BCUT2D eigenvalue weighted by atomic mass is 10.2. The van der Waals surface area contributed by atoms with Crippen LogP contribution in [0.15, 0.2) is 29.0 Å². The lowest BCUT2D eigenvalue weighted by Gasteiger charge is -1.96. The van der Waals surface area contributed by atoms with E-state index in [1.54, 1.807) is 22.7 Å². The molecule has 20 heavy (non-hydrogen) atoms. The van der Waals surface area contributed by atoms with Gasteiger partial charge in [0.2, 0.25) is 11.7 Å². The molecule has 100 valence electrons. The van der Waals surface area contributed by atoms with Crippen molar-refractivity contribution in [2.24, 2.45) is 0 Å². The van der Waals surface area contributed by atoms with Crippen molar-refractivity contribution in [1.29, 1.82) is 0 Å². The zero-order valence-corrected chi connectivity index (χ0v) is 10.4. The largest absolute Gasteiger partial charge is 0.476 e. The highest BCUT2D eigenvalue weighted by Crippen LogP contribution is 2.39.